The maximum Gasteiger partial charge on any atom is 0.241 e. The van der Waals surface area contributed by atoms with E-state index in [0.29, 0.717) is 24.6 Å². The average Bonchev–Trinajstić information content (AvgIpc) is 2.89. The van der Waals surface area contributed by atoms with Crippen LogP contribution in [0.4, 0.5) is 0 Å². The van der Waals surface area contributed by atoms with E-state index in [-0.39, 0.29) is 10.8 Å². The molecule has 1 aromatic rings. The Labute approximate surface area is 149 Å². The van der Waals surface area contributed by atoms with Gasteiger partial charge in [-0.05, 0) is 31.9 Å². The van der Waals surface area contributed by atoms with Crippen LogP contribution in [0.15, 0.2) is 23.1 Å². The Balaban J connectivity index is 2.13. The van der Waals surface area contributed by atoms with Gasteiger partial charge < -0.3 is 14.4 Å². The zero-order valence-electron chi connectivity index (χ0n) is 14.9. The number of nitrogens with one attached hydrogen (secondary N) is 1. The molecule has 0 unspecified atom stereocenters. The number of benzene rings is 1. The molecule has 0 spiro atoms. The molecule has 140 valence electrons. The number of hydrogen-bond acceptors (Lipinski definition) is 5. The molecular weight excluding hydrogens is 344 g/mol. The molecule has 7 nitrogen and oxygen atoms in total. The minimum atomic E-state index is -3.84. The van der Waals surface area contributed by atoms with Crippen molar-refractivity contribution >= 4 is 15.9 Å². The molecule has 1 amide bonds. The van der Waals surface area contributed by atoms with Gasteiger partial charge in [0.1, 0.15) is 0 Å². The molecule has 0 bridgehead atoms. The van der Waals surface area contributed by atoms with Crippen LogP contribution in [0.25, 0.3) is 0 Å². The number of nitrogens with zero attached hydrogens (tertiary/aromatic N) is 1. The van der Waals surface area contributed by atoms with Crippen LogP contribution in [0.5, 0.6) is 11.5 Å². The van der Waals surface area contributed by atoms with Gasteiger partial charge in [0.25, 0.3) is 0 Å². The lowest BCUT2D eigenvalue weighted by atomic mass is 10.2. The van der Waals surface area contributed by atoms with Crippen molar-refractivity contribution < 1.29 is 22.7 Å². The first-order chi connectivity index (χ1) is 11.9. The highest BCUT2D eigenvalue weighted by Gasteiger charge is 2.27. The summed E-state index contributed by atoms with van der Waals surface area (Å²) in [5.74, 6) is 0.568. The highest BCUT2D eigenvalue weighted by atomic mass is 32.2. The van der Waals surface area contributed by atoms with Crippen molar-refractivity contribution in [1.82, 2.24) is 9.62 Å². The summed E-state index contributed by atoms with van der Waals surface area (Å²) >= 11 is 0. The summed E-state index contributed by atoms with van der Waals surface area (Å²) in [5, 5.41) is 0. The fourth-order valence-corrected chi connectivity index (χ4v) is 4.11. The molecule has 2 rings (SSSR count). The van der Waals surface area contributed by atoms with Crippen LogP contribution in [0, 0.1) is 0 Å². The number of amides is 1. The number of methoxy groups -OCH3 is 2. The number of hydrogen-bond donors (Lipinski definition) is 1. The topological polar surface area (TPSA) is 84.9 Å². The molecule has 1 N–H and O–H groups in total. The van der Waals surface area contributed by atoms with Crippen molar-refractivity contribution in [2.45, 2.75) is 43.5 Å². The normalized spacial score (nSPS) is 16.8. The lowest BCUT2D eigenvalue weighted by molar-refractivity contribution is -0.132. The van der Waals surface area contributed by atoms with E-state index in [0.717, 1.165) is 25.7 Å². The molecule has 0 aromatic heterocycles. The lowest BCUT2D eigenvalue weighted by Gasteiger charge is -2.24. The number of ether oxygens (including phenoxy) is 2. The molecule has 25 heavy (non-hydrogen) atoms. The van der Waals surface area contributed by atoms with Crippen LogP contribution in [0.3, 0.4) is 0 Å². The second-order valence-electron chi connectivity index (χ2n) is 6.10. The average molecular weight is 370 g/mol. The summed E-state index contributed by atoms with van der Waals surface area (Å²) in [6.45, 7) is 2.94. The van der Waals surface area contributed by atoms with Crippen LogP contribution >= 0.6 is 0 Å². The van der Waals surface area contributed by atoms with Gasteiger partial charge in [-0.1, -0.05) is 12.8 Å². The van der Waals surface area contributed by atoms with Gasteiger partial charge in [-0.3, -0.25) is 4.79 Å². The molecule has 0 saturated carbocycles. The van der Waals surface area contributed by atoms with Gasteiger partial charge >= 0.3 is 0 Å². The van der Waals surface area contributed by atoms with Gasteiger partial charge in [0.15, 0.2) is 11.5 Å². The monoisotopic (exact) mass is 370 g/mol. The number of carbonyl (C=O) groups is 1. The smallest absolute Gasteiger partial charge is 0.241 e. The summed E-state index contributed by atoms with van der Waals surface area (Å²) in [6, 6.07) is 3.50. The molecule has 1 aliphatic heterocycles. The molecule has 1 heterocycles. The Kier molecular flexibility index (Phi) is 6.66. The van der Waals surface area contributed by atoms with Crippen LogP contribution < -0.4 is 14.2 Å². The third-order valence-electron chi connectivity index (χ3n) is 4.29. The van der Waals surface area contributed by atoms with Crippen molar-refractivity contribution in [3.63, 3.8) is 0 Å². The predicted octanol–water partition coefficient (Wildman–Crippen LogP) is 1.77. The number of likely N-dealkylation sites (tertiary alicyclic amines) is 1. The maximum atomic E-state index is 12.6. The Morgan fingerprint density at radius 1 is 1.08 bits per heavy atom. The van der Waals surface area contributed by atoms with E-state index in [2.05, 4.69) is 4.72 Å². The molecule has 1 aromatic carbocycles. The largest absolute Gasteiger partial charge is 0.493 e. The molecule has 0 aliphatic carbocycles. The van der Waals surface area contributed by atoms with Crippen molar-refractivity contribution in [3.8, 4) is 11.5 Å². The number of sulfonamides is 1. The maximum absolute atomic E-state index is 12.6. The van der Waals surface area contributed by atoms with E-state index in [1.807, 2.05) is 0 Å². The quantitative estimate of drug-likeness (QED) is 0.825. The van der Waals surface area contributed by atoms with E-state index in [1.165, 1.54) is 32.4 Å². The molecule has 1 fully saturated rings. The highest BCUT2D eigenvalue weighted by molar-refractivity contribution is 7.89. The predicted molar refractivity (Wildman–Crippen MR) is 94.4 cm³/mol. The van der Waals surface area contributed by atoms with Crippen LogP contribution in [0.1, 0.15) is 32.6 Å². The molecular formula is C17H26N2O5S. The summed E-state index contributed by atoms with van der Waals surface area (Å²) < 4.78 is 37.9. The SMILES string of the molecule is COc1ccc(S(=O)(=O)N[C@@H](C)C(=O)N2CCCCCC2)cc1OC. The first-order valence-corrected chi connectivity index (χ1v) is 9.90. The Bertz CT molecular complexity index is 697. The van der Waals surface area contributed by atoms with E-state index in [4.69, 9.17) is 9.47 Å². The molecule has 8 heteroatoms. The number of carbonyl (C=O) groups excluding carboxylic acids is 1. The second-order valence-corrected chi connectivity index (χ2v) is 7.81. The lowest BCUT2D eigenvalue weighted by Crippen LogP contribution is -2.47. The zero-order chi connectivity index (χ0) is 18.4. The molecule has 1 atom stereocenters. The summed E-state index contributed by atoms with van der Waals surface area (Å²) in [5.41, 5.74) is 0. The highest BCUT2D eigenvalue weighted by Crippen LogP contribution is 2.29. The van der Waals surface area contributed by atoms with Gasteiger partial charge in [-0.15, -0.1) is 0 Å². The minimum absolute atomic E-state index is 0.0284. The fourth-order valence-electron chi connectivity index (χ4n) is 2.90. The third-order valence-corrected chi connectivity index (χ3v) is 5.82. The van der Waals surface area contributed by atoms with Gasteiger partial charge in [-0.25, -0.2) is 8.42 Å². The van der Waals surface area contributed by atoms with Gasteiger partial charge in [-0.2, -0.15) is 4.72 Å². The Hall–Kier alpha value is -1.80. The van der Waals surface area contributed by atoms with E-state index < -0.39 is 16.1 Å². The molecule has 1 aliphatic rings. The minimum Gasteiger partial charge on any atom is -0.493 e. The van der Waals surface area contributed by atoms with Crippen molar-refractivity contribution in [2.24, 2.45) is 0 Å². The Morgan fingerprint density at radius 2 is 1.68 bits per heavy atom. The third kappa shape index (κ3) is 4.85. The standard InChI is InChI=1S/C17H26N2O5S/c1-13(17(20)19-10-6-4-5-7-11-19)18-25(21,22)14-8-9-15(23-2)16(12-14)24-3/h8-9,12-13,18H,4-7,10-11H2,1-3H3/t13-/m0/s1. The van der Waals surface area contributed by atoms with Crippen LogP contribution in [-0.4, -0.2) is 52.6 Å². The van der Waals surface area contributed by atoms with E-state index >= 15 is 0 Å². The zero-order valence-corrected chi connectivity index (χ0v) is 15.8. The molecule has 0 radical (unpaired) electrons. The first kappa shape index (κ1) is 19.5. The first-order valence-electron chi connectivity index (χ1n) is 8.42. The van der Waals surface area contributed by atoms with Crippen LogP contribution in [0.2, 0.25) is 0 Å². The number of rotatable bonds is 6. The van der Waals surface area contributed by atoms with Crippen molar-refractivity contribution in [1.29, 1.82) is 0 Å². The fraction of sp³-hybridized carbons (Fsp3) is 0.588. The van der Waals surface area contributed by atoms with Crippen molar-refractivity contribution in [3.05, 3.63) is 18.2 Å². The van der Waals surface area contributed by atoms with E-state index in [1.54, 1.807) is 11.8 Å². The van der Waals surface area contributed by atoms with E-state index in [9.17, 15) is 13.2 Å². The molecule has 1 saturated heterocycles. The van der Waals surface area contributed by atoms with Crippen molar-refractivity contribution in [2.75, 3.05) is 27.3 Å². The summed E-state index contributed by atoms with van der Waals surface area (Å²) in [4.78, 5) is 14.3. The summed E-state index contributed by atoms with van der Waals surface area (Å²) in [7, 11) is -0.927. The van der Waals surface area contributed by atoms with Gasteiger partial charge in [0.05, 0.1) is 25.2 Å². The van der Waals surface area contributed by atoms with Gasteiger partial charge in [0, 0.05) is 19.2 Å². The summed E-state index contributed by atoms with van der Waals surface area (Å²) in [6.07, 6.45) is 4.13. The van der Waals surface area contributed by atoms with Gasteiger partial charge in [0.2, 0.25) is 15.9 Å². The van der Waals surface area contributed by atoms with Crippen LogP contribution in [-0.2, 0) is 14.8 Å². The second kappa shape index (κ2) is 8.53. The Morgan fingerprint density at radius 3 is 2.24 bits per heavy atom.